The number of benzene rings is 2. The van der Waals surface area contributed by atoms with Crippen molar-refractivity contribution < 1.29 is 13.9 Å². The summed E-state index contributed by atoms with van der Waals surface area (Å²) in [5.41, 5.74) is 1.89. The lowest BCUT2D eigenvalue weighted by Crippen LogP contribution is -2.08. The zero-order chi connectivity index (χ0) is 14.5. The van der Waals surface area contributed by atoms with Crippen molar-refractivity contribution in [3.63, 3.8) is 0 Å². The van der Waals surface area contributed by atoms with Crippen LogP contribution in [0.4, 0.5) is 10.1 Å². The molecule has 3 nitrogen and oxygen atoms in total. The fraction of sp³-hybridized carbons (Fsp3) is 0.133. The molecule has 0 bridgehead atoms. The molecule has 1 N–H and O–H groups in total. The van der Waals surface area contributed by atoms with E-state index in [-0.39, 0.29) is 5.82 Å². The second-order valence-electron chi connectivity index (χ2n) is 4.14. The van der Waals surface area contributed by atoms with Crippen molar-refractivity contribution in [3.8, 4) is 0 Å². The highest BCUT2D eigenvalue weighted by atomic mass is 79.9. The Morgan fingerprint density at radius 3 is 2.75 bits per heavy atom. The van der Waals surface area contributed by atoms with Gasteiger partial charge in [-0.2, -0.15) is 0 Å². The zero-order valence-electron chi connectivity index (χ0n) is 10.8. The van der Waals surface area contributed by atoms with Gasteiger partial charge in [0, 0.05) is 12.2 Å². The van der Waals surface area contributed by atoms with Crippen LogP contribution >= 0.6 is 15.9 Å². The maximum atomic E-state index is 13.4. The van der Waals surface area contributed by atoms with E-state index in [0.29, 0.717) is 22.3 Å². The average molecular weight is 338 g/mol. The van der Waals surface area contributed by atoms with E-state index in [4.69, 9.17) is 4.74 Å². The number of carbonyl (C=O) groups excluding carboxylic acids is 1. The summed E-state index contributed by atoms with van der Waals surface area (Å²) in [7, 11) is 1.34. The molecule has 2 rings (SSSR count). The molecule has 0 unspecified atom stereocenters. The smallest absolute Gasteiger partial charge is 0.339 e. The van der Waals surface area contributed by atoms with Gasteiger partial charge in [-0.05, 0) is 45.8 Å². The van der Waals surface area contributed by atoms with Crippen LogP contribution in [-0.4, -0.2) is 13.1 Å². The average Bonchev–Trinajstić information content (AvgIpc) is 2.48. The van der Waals surface area contributed by atoms with Crippen molar-refractivity contribution in [3.05, 3.63) is 63.9 Å². The van der Waals surface area contributed by atoms with Crippen molar-refractivity contribution in [2.45, 2.75) is 6.54 Å². The van der Waals surface area contributed by atoms with E-state index in [0.717, 1.165) is 5.56 Å². The van der Waals surface area contributed by atoms with Gasteiger partial charge in [-0.25, -0.2) is 9.18 Å². The van der Waals surface area contributed by atoms with E-state index in [1.807, 2.05) is 6.07 Å². The standard InChI is InChI=1S/C15H13BrFNO2/c1-20-15(19)11-4-2-3-5-14(11)18-9-10-6-7-12(16)13(17)8-10/h2-8,18H,9H2,1H3. The third kappa shape index (κ3) is 3.36. The molecule has 0 saturated heterocycles. The Bertz CT molecular complexity index is 631. The highest BCUT2D eigenvalue weighted by molar-refractivity contribution is 9.10. The number of methoxy groups -OCH3 is 1. The van der Waals surface area contributed by atoms with Crippen molar-refractivity contribution >= 4 is 27.6 Å². The predicted octanol–water partition coefficient (Wildman–Crippen LogP) is 3.99. The number of hydrogen-bond acceptors (Lipinski definition) is 3. The Morgan fingerprint density at radius 1 is 1.30 bits per heavy atom. The van der Waals surface area contributed by atoms with Crippen LogP contribution in [-0.2, 0) is 11.3 Å². The lowest BCUT2D eigenvalue weighted by Gasteiger charge is -2.11. The van der Waals surface area contributed by atoms with Gasteiger partial charge in [-0.1, -0.05) is 18.2 Å². The van der Waals surface area contributed by atoms with Gasteiger partial charge in [0.15, 0.2) is 0 Å². The Morgan fingerprint density at radius 2 is 2.05 bits per heavy atom. The number of anilines is 1. The summed E-state index contributed by atoms with van der Waals surface area (Å²) in [6, 6.07) is 11.9. The first-order valence-corrected chi connectivity index (χ1v) is 6.76. The van der Waals surface area contributed by atoms with Gasteiger partial charge >= 0.3 is 5.97 Å². The second kappa shape index (κ2) is 6.52. The molecule has 20 heavy (non-hydrogen) atoms. The third-order valence-electron chi connectivity index (χ3n) is 2.80. The van der Waals surface area contributed by atoms with Crippen LogP contribution < -0.4 is 5.32 Å². The summed E-state index contributed by atoms with van der Waals surface area (Å²) in [5, 5.41) is 3.11. The highest BCUT2D eigenvalue weighted by Gasteiger charge is 2.10. The third-order valence-corrected chi connectivity index (χ3v) is 3.44. The molecule has 0 aliphatic carbocycles. The van der Waals surface area contributed by atoms with Gasteiger partial charge in [0.2, 0.25) is 0 Å². The quantitative estimate of drug-likeness (QED) is 0.857. The fourth-order valence-electron chi connectivity index (χ4n) is 1.77. The van der Waals surface area contributed by atoms with Crippen LogP contribution in [0.2, 0.25) is 0 Å². The first kappa shape index (κ1) is 14.5. The van der Waals surface area contributed by atoms with E-state index in [1.165, 1.54) is 13.2 Å². The number of rotatable bonds is 4. The number of hydrogen-bond donors (Lipinski definition) is 1. The van der Waals surface area contributed by atoms with E-state index in [2.05, 4.69) is 21.2 Å². The van der Waals surface area contributed by atoms with E-state index in [9.17, 15) is 9.18 Å². The van der Waals surface area contributed by atoms with Gasteiger partial charge in [-0.15, -0.1) is 0 Å². The van der Waals surface area contributed by atoms with E-state index in [1.54, 1.807) is 30.3 Å². The molecule has 0 atom stereocenters. The second-order valence-corrected chi connectivity index (χ2v) is 4.99. The molecule has 0 heterocycles. The number of ether oxygens (including phenoxy) is 1. The Kier molecular flexibility index (Phi) is 4.74. The molecule has 0 aliphatic heterocycles. The van der Waals surface area contributed by atoms with Crippen LogP contribution in [0.1, 0.15) is 15.9 Å². The summed E-state index contributed by atoms with van der Waals surface area (Å²) in [6.07, 6.45) is 0. The molecule has 0 amide bonds. The summed E-state index contributed by atoms with van der Waals surface area (Å²) in [5.74, 6) is -0.722. The minimum Gasteiger partial charge on any atom is -0.465 e. The van der Waals surface area contributed by atoms with Crippen LogP contribution in [0.15, 0.2) is 46.9 Å². The maximum absolute atomic E-state index is 13.4. The number of halogens is 2. The fourth-order valence-corrected chi connectivity index (χ4v) is 2.02. The minimum absolute atomic E-state index is 0.314. The Hall–Kier alpha value is -1.88. The van der Waals surface area contributed by atoms with Gasteiger partial charge in [0.1, 0.15) is 5.82 Å². The molecule has 0 aliphatic rings. The lowest BCUT2D eigenvalue weighted by molar-refractivity contribution is 0.0602. The normalized spacial score (nSPS) is 10.2. The molecular formula is C15H13BrFNO2. The number of carbonyl (C=O) groups is 1. The summed E-state index contributed by atoms with van der Waals surface area (Å²) < 4.78 is 18.6. The number of nitrogens with one attached hydrogen (secondary N) is 1. The molecule has 2 aromatic rings. The van der Waals surface area contributed by atoms with E-state index < -0.39 is 5.97 Å². The van der Waals surface area contributed by atoms with E-state index >= 15 is 0 Å². The summed E-state index contributed by atoms with van der Waals surface area (Å²) in [6.45, 7) is 0.415. The largest absolute Gasteiger partial charge is 0.465 e. The van der Waals surface area contributed by atoms with Crippen LogP contribution in [0.3, 0.4) is 0 Å². The topological polar surface area (TPSA) is 38.3 Å². The maximum Gasteiger partial charge on any atom is 0.339 e. The van der Waals surface area contributed by atoms with Gasteiger partial charge in [-0.3, -0.25) is 0 Å². The molecule has 5 heteroatoms. The summed E-state index contributed by atoms with van der Waals surface area (Å²) >= 11 is 3.11. The van der Waals surface area contributed by atoms with Gasteiger partial charge in [0.25, 0.3) is 0 Å². The lowest BCUT2D eigenvalue weighted by atomic mass is 10.1. The van der Waals surface area contributed by atoms with Crippen LogP contribution in [0.25, 0.3) is 0 Å². The van der Waals surface area contributed by atoms with Crippen molar-refractivity contribution in [1.29, 1.82) is 0 Å². The van der Waals surface area contributed by atoms with Crippen molar-refractivity contribution in [2.75, 3.05) is 12.4 Å². The van der Waals surface area contributed by atoms with Crippen LogP contribution in [0, 0.1) is 5.82 Å². The molecule has 0 aromatic heterocycles. The molecule has 0 fully saturated rings. The Balaban J connectivity index is 2.14. The summed E-state index contributed by atoms with van der Waals surface area (Å²) in [4.78, 5) is 11.6. The zero-order valence-corrected chi connectivity index (χ0v) is 12.4. The first-order chi connectivity index (χ1) is 9.61. The molecule has 0 saturated carbocycles. The number of para-hydroxylation sites is 1. The number of esters is 1. The predicted molar refractivity (Wildman–Crippen MR) is 79.2 cm³/mol. The SMILES string of the molecule is COC(=O)c1ccccc1NCc1ccc(Br)c(F)c1. The molecule has 0 spiro atoms. The van der Waals surface area contributed by atoms with Crippen molar-refractivity contribution in [2.24, 2.45) is 0 Å². The molecule has 2 aromatic carbocycles. The monoisotopic (exact) mass is 337 g/mol. The van der Waals surface area contributed by atoms with Crippen LogP contribution in [0.5, 0.6) is 0 Å². The highest BCUT2D eigenvalue weighted by Crippen LogP contribution is 2.19. The molecule has 0 radical (unpaired) electrons. The Labute approximate surface area is 124 Å². The van der Waals surface area contributed by atoms with Crippen molar-refractivity contribution in [1.82, 2.24) is 0 Å². The first-order valence-electron chi connectivity index (χ1n) is 5.97. The minimum atomic E-state index is -0.407. The van der Waals surface area contributed by atoms with Gasteiger partial charge in [0.05, 0.1) is 17.1 Å². The molecule has 104 valence electrons. The van der Waals surface area contributed by atoms with Gasteiger partial charge < -0.3 is 10.1 Å². The molecular weight excluding hydrogens is 325 g/mol.